The molecule has 1 aromatic rings. The standard InChI is InChI=1S/C13H20N2O/c1-16-10-12-4-2-3-11(7-12)8-15-6-5-13(14)9-15/h2-4,7,13H,5-6,8-10,14H2,1H3. The zero-order chi connectivity index (χ0) is 11.4. The average Bonchev–Trinajstić information content (AvgIpc) is 2.65. The Morgan fingerprint density at radius 2 is 2.25 bits per heavy atom. The lowest BCUT2D eigenvalue weighted by Gasteiger charge is -2.15. The number of ether oxygens (including phenoxy) is 1. The summed E-state index contributed by atoms with van der Waals surface area (Å²) in [7, 11) is 1.73. The molecule has 16 heavy (non-hydrogen) atoms. The topological polar surface area (TPSA) is 38.5 Å². The molecule has 3 heteroatoms. The number of hydrogen-bond donors (Lipinski definition) is 1. The third-order valence-corrected chi connectivity index (χ3v) is 3.02. The van der Waals surface area contributed by atoms with Crippen LogP contribution < -0.4 is 5.73 Å². The molecule has 1 aliphatic heterocycles. The maximum Gasteiger partial charge on any atom is 0.0713 e. The molecule has 88 valence electrons. The largest absolute Gasteiger partial charge is 0.380 e. The molecule has 0 aliphatic carbocycles. The van der Waals surface area contributed by atoms with Crippen LogP contribution in [0.2, 0.25) is 0 Å². The molecule has 0 bridgehead atoms. The van der Waals surface area contributed by atoms with Gasteiger partial charge in [0.25, 0.3) is 0 Å². The molecule has 1 aliphatic rings. The molecule has 0 saturated carbocycles. The van der Waals surface area contributed by atoms with E-state index in [-0.39, 0.29) is 0 Å². The Kier molecular flexibility index (Phi) is 3.93. The van der Waals surface area contributed by atoms with Crippen LogP contribution in [-0.2, 0) is 17.9 Å². The number of nitrogens with two attached hydrogens (primary N) is 1. The van der Waals surface area contributed by atoms with Crippen molar-refractivity contribution in [2.75, 3.05) is 20.2 Å². The SMILES string of the molecule is COCc1cccc(CN2CCC(N)C2)c1. The first-order valence-electron chi connectivity index (χ1n) is 5.82. The van der Waals surface area contributed by atoms with Gasteiger partial charge in [0, 0.05) is 32.8 Å². The third kappa shape index (κ3) is 3.04. The highest BCUT2D eigenvalue weighted by molar-refractivity contribution is 5.23. The fraction of sp³-hybridized carbons (Fsp3) is 0.538. The van der Waals surface area contributed by atoms with Crippen LogP contribution in [0, 0.1) is 0 Å². The predicted octanol–water partition coefficient (Wildman–Crippen LogP) is 1.37. The van der Waals surface area contributed by atoms with Crippen LogP contribution in [0.15, 0.2) is 24.3 Å². The van der Waals surface area contributed by atoms with Gasteiger partial charge in [0.2, 0.25) is 0 Å². The second-order valence-corrected chi connectivity index (χ2v) is 4.54. The Morgan fingerprint density at radius 3 is 2.94 bits per heavy atom. The summed E-state index contributed by atoms with van der Waals surface area (Å²) in [4.78, 5) is 2.41. The first kappa shape index (κ1) is 11.6. The Labute approximate surface area is 97.2 Å². The van der Waals surface area contributed by atoms with E-state index < -0.39 is 0 Å². The summed E-state index contributed by atoms with van der Waals surface area (Å²) in [5.41, 5.74) is 8.48. The van der Waals surface area contributed by atoms with Gasteiger partial charge < -0.3 is 10.5 Å². The van der Waals surface area contributed by atoms with Crippen LogP contribution in [0.1, 0.15) is 17.5 Å². The molecular formula is C13H20N2O. The van der Waals surface area contributed by atoms with E-state index >= 15 is 0 Å². The van der Waals surface area contributed by atoms with Gasteiger partial charge in [0.05, 0.1) is 6.61 Å². The molecule has 2 N–H and O–H groups in total. The molecule has 3 nitrogen and oxygen atoms in total. The maximum absolute atomic E-state index is 5.89. The van der Waals surface area contributed by atoms with Gasteiger partial charge in [-0.2, -0.15) is 0 Å². The Morgan fingerprint density at radius 1 is 1.44 bits per heavy atom. The van der Waals surface area contributed by atoms with Gasteiger partial charge in [-0.1, -0.05) is 24.3 Å². The minimum Gasteiger partial charge on any atom is -0.380 e. The summed E-state index contributed by atoms with van der Waals surface area (Å²) in [5, 5.41) is 0. The van der Waals surface area contributed by atoms with Gasteiger partial charge >= 0.3 is 0 Å². The lowest BCUT2D eigenvalue weighted by Crippen LogP contribution is -2.26. The fourth-order valence-electron chi connectivity index (χ4n) is 2.25. The van der Waals surface area contributed by atoms with Crippen molar-refractivity contribution in [3.05, 3.63) is 35.4 Å². The molecule has 1 atom stereocenters. The summed E-state index contributed by atoms with van der Waals surface area (Å²) >= 11 is 0. The van der Waals surface area contributed by atoms with Gasteiger partial charge in [-0.15, -0.1) is 0 Å². The number of methoxy groups -OCH3 is 1. The summed E-state index contributed by atoms with van der Waals surface area (Å²) in [6, 6.07) is 8.95. The van der Waals surface area contributed by atoms with E-state index in [1.54, 1.807) is 7.11 Å². The molecular weight excluding hydrogens is 200 g/mol. The van der Waals surface area contributed by atoms with Crippen LogP contribution >= 0.6 is 0 Å². The van der Waals surface area contributed by atoms with E-state index in [4.69, 9.17) is 10.5 Å². The maximum atomic E-state index is 5.89. The van der Waals surface area contributed by atoms with Crippen molar-refractivity contribution in [3.8, 4) is 0 Å². The highest BCUT2D eigenvalue weighted by atomic mass is 16.5. The second kappa shape index (κ2) is 5.43. The molecule has 1 unspecified atom stereocenters. The summed E-state index contributed by atoms with van der Waals surface area (Å²) < 4.78 is 5.14. The van der Waals surface area contributed by atoms with Crippen LogP contribution in [0.4, 0.5) is 0 Å². The van der Waals surface area contributed by atoms with Gasteiger partial charge in [0.15, 0.2) is 0 Å². The average molecular weight is 220 g/mol. The van der Waals surface area contributed by atoms with Gasteiger partial charge in [-0.25, -0.2) is 0 Å². The monoisotopic (exact) mass is 220 g/mol. The van der Waals surface area contributed by atoms with Crippen molar-refractivity contribution < 1.29 is 4.74 Å². The number of benzene rings is 1. The van der Waals surface area contributed by atoms with Crippen LogP contribution in [-0.4, -0.2) is 31.1 Å². The quantitative estimate of drug-likeness (QED) is 0.833. The first-order valence-corrected chi connectivity index (χ1v) is 5.82. The fourth-order valence-corrected chi connectivity index (χ4v) is 2.25. The van der Waals surface area contributed by atoms with Gasteiger partial charge in [0.1, 0.15) is 0 Å². The normalized spacial score (nSPS) is 21.5. The Hall–Kier alpha value is -0.900. The Balaban J connectivity index is 1.95. The van der Waals surface area contributed by atoms with E-state index in [0.29, 0.717) is 12.6 Å². The van der Waals surface area contributed by atoms with Crippen LogP contribution in [0.5, 0.6) is 0 Å². The van der Waals surface area contributed by atoms with Gasteiger partial charge in [-0.05, 0) is 17.5 Å². The highest BCUT2D eigenvalue weighted by Crippen LogP contribution is 2.13. The van der Waals surface area contributed by atoms with Crippen molar-refractivity contribution in [2.24, 2.45) is 5.73 Å². The number of likely N-dealkylation sites (tertiary alicyclic amines) is 1. The molecule has 1 heterocycles. The van der Waals surface area contributed by atoms with Crippen molar-refractivity contribution in [1.29, 1.82) is 0 Å². The summed E-state index contributed by atoms with van der Waals surface area (Å²) in [6.07, 6.45) is 1.12. The zero-order valence-corrected chi connectivity index (χ0v) is 9.86. The third-order valence-electron chi connectivity index (χ3n) is 3.02. The van der Waals surface area contributed by atoms with Crippen LogP contribution in [0.25, 0.3) is 0 Å². The Bertz CT molecular complexity index is 340. The molecule has 1 fully saturated rings. The molecule has 0 amide bonds. The van der Waals surface area contributed by atoms with Crippen molar-refractivity contribution in [1.82, 2.24) is 4.90 Å². The smallest absolute Gasteiger partial charge is 0.0713 e. The number of hydrogen-bond acceptors (Lipinski definition) is 3. The highest BCUT2D eigenvalue weighted by Gasteiger charge is 2.18. The molecule has 0 aromatic heterocycles. The molecule has 1 aromatic carbocycles. The molecule has 1 saturated heterocycles. The van der Waals surface area contributed by atoms with E-state index in [2.05, 4.69) is 29.2 Å². The van der Waals surface area contributed by atoms with E-state index in [9.17, 15) is 0 Å². The lowest BCUT2D eigenvalue weighted by atomic mass is 10.1. The molecule has 2 rings (SSSR count). The molecule has 0 spiro atoms. The van der Waals surface area contributed by atoms with E-state index in [0.717, 1.165) is 26.1 Å². The first-order chi connectivity index (χ1) is 7.78. The minimum absolute atomic E-state index is 0.363. The lowest BCUT2D eigenvalue weighted by molar-refractivity contribution is 0.184. The minimum atomic E-state index is 0.363. The summed E-state index contributed by atoms with van der Waals surface area (Å²) in [5.74, 6) is 0. The van der Waals surface area contributed by atoms with Crippen molar-refractivity contribution in [3.63, 3.8) is 0 Å². The van der Waals surface area contributed by atoms with Crippen molar-refractivity contribution in [2.45, 2.75) is 25.6 Å². The summed E-state index contributed by atoms with van der Waals surface area (Å²) in [6.45, 7) is 3.84. The van der Waals surface area contributed by atoms with E-state index in [1.165, 1.54) is 11.1 Å². The number of rotatable bonds is 4. The second-order valence-electron chi connectivity index (χ2n) is 4.54. The van der Waals surface area contributed by atoms with Crippen LogP contribution in [0.3, 0.4) is 0 Å². The number of nitrogens with zero attached hydrogens (tertiary/aromatic N) is 1. The molecule has 0 radical (unpaired) electrons. The predicted molar refractivity (Wildman–Crippen MR) is 65.0 cm³/mol. The zero-order valence-electron chi connectivity index (χ0n) is 9.86. The van der Waals surface area contributed by atoms with Crippen molar-refractivity contribution >= 4 is 0 Å². The van der Waals surface area contributed by atoms with Gasteiger partial charge in [-0.3, -0.25) is 4.90 Å². The van der Waals surface area contributed by atoms with E-state index in [1.807, 2.05) is 0 Å².